The van der Waals surface area contributed by atoms with Crippen LogP contribution in [0.3, 0.4) is 0 Å². The molecule has 0 heterocycles. The maximum atomic E-state index is 12.5. The average molecular weight is 270 g/mol. The van der Waals surface area contributed by atoms with E-state index in [2.05, 4.69) is 0 Å². The molecule has 0 radical (unpaired) electrons. The summed E-state index contributed by atoms with van der Waals surface area (Å²) in [6.07, 6.45) is -4.88. The highest BCUT2D eigenvalue weighted by atomic mass is 35.7. The summed E-state index contributed by atoms with van der Waals surface area (Å²) < 4.78 is 59.4. The van der Waals surface area contributed by atoms with Gasteiger partial charge < -0.3 is 0 Å². The number of nitrogens with zero attached hydrogens (tertiary/aromatic N) is 1. The van der Waals surface area contributed by atoms with Gasteiger partial charge in [-0.15, -0.1) is 0 Å². The summed E-state index contributed by atoms with van der Waals surface area (Å²) >= 11 is 0. The molecule has 0 fully saturated rings. The Morgan fingerprint density at radius 2 is 1.88 bits per heavy atom. The van der Waals surface area contributed by atoms with Crippen molar-refractivity contribution in [1.29, 1.82) is 5.26 Å². The fourth-order valence-corrected chi connectivity index (χ4v) is 2.43. The molecule has 3 nitrogen and oxygen atoms in total. The zero-order valence-corrected chi connectivity index (χ0v) is 8.99. The van der Waals surface area contributed by atoms with Gasteiger partial charge in [-0.25, -0.2) is 8.42 Å². The van der Waals surface area contributed by atoms with Crippen LogP contribution < -0.4 is 0 Å². The Balaban J connectivity index is 3.73. The minimum atomic E-state index is -4.88. The second-order valence-corrected chi connectivity index (χ2v) is 5.23. The van der Waals surface area contributed by atoms with E-state index in [1.807, 2.05) is 0 Å². The van der Waals surface area contributed by atoms with E-state index in [1.54, 1.807) is 0 Å². The van der Waals surface area contributed by atoms with Crippen molar-refractivity contribution in [3.63, 3.8) is 0 Å². The molecule has 0 atom stereocenters. The highest BCUT2D eigenvalue weighted by Gasteiger charge is 2.38. The van der Waals surface area contributed by atoms with Gasteiger partial charge in [0.1, 0.15) is 11.0 Å². The Hall–Kier alpha value is -1.26. The number of benzene rings is 1. The van der Waals surface area contributed by atoms with Gasteiger partial charge in [-0.05, 0) is 12.1 Å². The Kier molecular flexibility index (Phi) is 3.17. The van der Waals surface area contributed by atoms with Crippen LogP contribution in [0.1, 0.15) is 11.1 Å². The molecular weight excluding hydrogens is 267 g/mol. The third-order valence-electron chi connectivity index (χ3n) is 1.68. The molecule has 0 unspecified atom stereocenters. The van der Waals surface area contributed by atoms with Crippen LogP contribution in [-0.4, -0.2) is 8.42 Å². The molecule has 0 N–H and O–H groups in total. The van der Waals surface area contributed by atoms with Gasteiger partial charge in [0.05, 0.1) is 11.1 Å². The van der Waals surface area contributed by atoms with Gasteiger partial charge in [-0.3, -0.25) is 0 Å². The quantitative estimate of drug-likeness (QED) is 0.736. The Labute approximate surface area is 93.5 Å². The lowest BCUT2D eigenvalue weighted by Crippen LogP contribution is -2.12. The van der Waals surface area contributed by atoms with Gasteiger partial charge in [-0.1, -0.05) is 6.07 Å². The molecule has 0 aliphatic carbocycles. The number of hydrogen-bond donors (Lipinski definition) is 0. The van der Waals surface area contributed by atoms with Crippen molar-refractivity contribution in [2.24, 2.45) is 0 Å². The summed E-state index contributed by atoms with van der Waals surface area (Å²) in [5, 5.41) is 8.53. The maximum Gasteiger partial charge on any atom is 0.417 e. The van der Waals surface area contributed by atoms with E-state index in [4.69, 9.17) is 15.9 Å². The van der Waals surface area contributed by atoms with Crippen molar-refractivity contribution in [2.45, 2.75) is 11.1 Å². The molecule has 1 aromatic rings. The molecule has 1 aromatic carbocycles. The van der Waals surface area contributed by atoms with Crippen molar-refractivity contribution in [3.05, 3.63) is 29.3 Å². The van der Waals surface area contributed by atoms with Crippen LogP contribution in [0.5, 0.6) is 0 Å². The van der Waals surface area contributed by atoms with Crippen LogP contribution in [0.15, 0.2) is 23.1 Å². The van der Waals surface area contributed by atoms with Crippen LogP contribution in [0, 0.1) is 11.3 Å². The molecule has 0 aliphatic heterocycles. The molecule has 0 aliphatic rings. The topological polar surface area (TPSA) is 57.9 Å². The first-order valence-corrected chi connectivity index (χ1v) is 6.04. The fraction of sp³-hybridized carbons (Fsp3) is 0.125. The number of alkyl halides is 3. The summed E-state index contributed by atoms with van der Waals surface area (Å²) in [5.74, 6) is 0. The predicted octanol–water partition coefficient (Wildman–Crippen LogP) is 2.50. The normalized spacial score (nSPS) is 12.2. The zero-order chi connectivity index (χ0) is 12.6. The maximum absolute atomic E-state index is 12.5. The van der Waals surface area contributed by atoms with E-state index in [9.17, 15) is 21.6 Å². The summed E-state index contributed by atoms with van der Waals surface area (Å²) in [7, 11) is 0.245. The lowest BCUT2D eigenvalue weighted by atomic mass is 10.1. The van der Waals surface area contributed by atoms with Gasteiger partial charge in [0.2, 0.25) is 0 Å². The predicted molar refractivity (Wildman–Crippen MR) is 49.2 cm³/mol. The van der Waals surface area contributed by atoms with Crippen molar-refractivity contribution >= 4 is 19.7 Å². The number of nitriles is 1. The van der Waals surface area contributed by atoms with Crippen molar-refractivity contribution in [1.82, 2.24) is 0 Å². The first kappa shape index (κ1) is 12.8. The van der Waals surface area contributed by atoms with Gasteiger partial charge in [-0.2, -0.15) is 18.4 Å². The molecule has 0 saturated heterocycles. The van der Waals surface area contributed by atoms with E-state index >= 15 is 0 Å². The van der Waals surface area contributed by atoms with E-state index in [-0.39, 0.29) is 0 Å². The number of rotatable bonds is 1. The van der Waals surface area contributed by atoms with Gasteiger partial charge in [0, 0.05) is 10.7 Å². The van der Waals surface area contributed by atoms with Crippen molar-refractivity contribution < 1.29 is 21.6 Å². The lowest BCUT2D eigenvalue weighted by Gasteiger charge is -2.11. The molecular formula is C8H3ClF3NO2S. The SMILES string of the molecule is N#Cc1cccc(C(F)(F)F)c1S(=O)(=O)Cl. The summed E-state index contributed by atoms with van der Waals surface area (Å²) in [6, 6.07) is 3.79. The second-order valence-electron chi connectivity index (χ2n) is 2.73. The van der Waals surface area contributed by atoms with E-state index in [0.717, 1.165) is 12.1 Å². The van der Waals surface area contributed by atoms with Crippen molar-refractivity contribution in [3.8, 4) is 6.07 Å². The second kappa shape index (κ2) is 3.96. The largest absolute Gasteiger partial charge is 0.417 e. The van der Waals surface area contributed by atoms with Crippen LogP contribution in [0.2, 0.25) is 0 Å². The van der Waals surface area contributed by atoms with E-state index < -0.39 is 31.2 Å². The standard InChI is InChI=1S/C8H3ClF3NO2S/c9-16(14,15)7-5(4-13)2-1-3-6(7)8(10,11)12/h1-3H. The van der Waals surface area contributed by atoms with E-state index in [1.165, 1.54) is 6.07 Å². The molecule has 0 bridgehead atoms. The van der Waals surface area contributed by atoms with Crippen molar-refractivity contribution in [2.75, 3.05) is 0 Å². The minimum Gasteiger partial charge on any atom is -0.207 e. The Bertz CT molecular complexity index is 560. The molecule has 1 rings (SSSR count). The molecule has 8 heteroatoms. The van der Waals surface area contributed by atoms with Crippen LogP contribution in [0.4, 0.5) is 13.2 Å². The molecule has 16 heavy (non-hydrogen) atoms. The average Bonchev–Trinajstić information content (AvgIpc) is 2.13. The molecule has 0 aromatic heterocycles. The van der Waals surface area contributed by atoms with Gasteiger partial charge >= 0.3 is 6.18 Å². The minimum absolute atomic E-state index is 0.552. The zero-order valence-electron chi connectivity index (χ0n) is 7.42. The van der Waals surface area contributed by atoms with E-state index in [0.29, 0.717) is 6.07 Å². The monoisotopic (exact) mass is 269 g/mol. The highest BCUT2D eigenvalue weighted by molar-refractivity contribution is 8.13. The lowest BCUT2D eigenvalue weighted by molar-refractivity contribution is -0.139. The molecule has 0 spiro atoms. The third kappa shape index (κ3) is 2.46. The summed E-state index contributed by atoms with van der Waals surface area (Å²) in [4.78, 5) is -1.20. The van der Waals surface area contributed by atoms with Crippen LogP contribution in [0.25, 0.3) is 0 Å². The highest BCUT2D eigenvalue weighted by Crippen LogP contribution is 2.36. The summed E-state index contributed by atoms with van der Waals surface area (Å²) in [6.45, 7) is 0. The third-order valence-corrected chi connectivity index (χ3v) is 3.08. The number of hydrogen-bond acceptors (Lipinski definition) is 3. The van der Waals surface area contributed by atoms with Crippen LogP contribution in [-0.2, 0) is 15.2 Å². The van der Waals surface area contributed by atoms with Crippen LogP contribution >= 0.6 is 10.7 Å². The Morgan fingerprint density at radius 3 is 2.25 bits per heavy atom. The Morgan fingerprint density at radius 1 is 1.31 bits per heavy atom. The first-order valence-electron chi connectivity index (χ1n) is 3.73. The first-order chi connectivity index (χ1) is 7.18. The molecule has 0 amide bonds. The van der Waals surface area contributed by atoms with Gasteiger partial charge in [0.15, 0.2) is 0 Å². The smallest absolute Gasteiger partial charge is 0.207 e. The number of halogens is 4. The van der Waals surface area contributed by atoms with Gasteiger partial charge in [0.25, 0.3) is 9.05 Å². The summed E-state index contributed by atoms with van der Waals surface area (Å²) in [5.41, 5.74) is -2.08. The fourth-order valence-electron chi connectivity index (χ4n) is 1.11. The molecule has 0 saturated carbocycles. The molecule has 86 valence electrons.